The van der Waals surface area contributed by atoms with Crippen molar-refractivity contribution in [3.63, 3.8) is 0 Å². The first-order valence-electron chi connectivity index (χ1n) is 11.8. The van der Waals surface area contributed by atoms with Crippen LogP contribution < -0.4 is 19.1 Å². The molecule has 4 aromatic rings. The number of Topliss-reactive ketones (excluding diaryl/α,β-unsaturated/α-hetero) is 1. The SMILES string of the molecule is COc1cc(C(=O)C[C@]2(O)C(=O)N(Cc3cccc4ccccc34)c3ccccc32)cc(OC)c1OC. The van der Waals surface area contributed by atoms with Crippen LogP contribution in [0.5, 0.6) is 17.2 Å². The Morgan fingerprint density at radius 2 is 1.51 bits per heavy atom. The van der Waals surface area contributed by atoms with Crippen LogP contribution in [0.2, 0.25) is 0 Å². The number of hydrogen-bond acceptors (Lipinski definition) is 6. The Bertz CT molecular complexity index is 1480. The largest absolute Gasteiger partial charge is 0.493 e. The number of anilines is 1. The molecule has 4 aromatic carbocycles. The first-order valence-corrected chi connectivity index (χ1v) is 11.8. The second kappa shape index (κ2) is 9.59. The Morgan fingerprint density at radius 3 is 2.22 bits per heavy atom. The van der Waals surface area contributed by atoms with Crippen molar-refractivity contribution in [2.75, 3.05) is 26.2 Å². The van der Waals surface area contributed by atoms with E-state index >= 15 is 0 Å². The standard InChI is InChI=1S/C30H27NO6/c1-35-26-15-21(16-27(36-2)28(26)37-3)25(32)17-30(34)23-13-6-7-14-24(23)31(29(30)33)18-20-11-8-10-19-9-4-5-12-22(19)20/h4-16,34H,17-18H2,1-3H3/t30-/m1/s1. The Morgan fingerprint density at radius 1 is 0.865 bits per heavy atom. The highest BCUT2D eigenvalue weighted by molar-refractivity contribution is 6.11. The van der Waals surface area contributed by atoms with Gasteiger partial charge in [-0.3, -0.25) is 9.59 Å². The van der Waals surface area contributed by atoms with Crippen molar-refractivity contribution in [3.05, 3.63) is 95.6 Å². The number of fused-ring (bicyclic) bond motifs is 2. The molecule has 0 bridgehead atoms. The van der Waals surface area contributed by atoms with Crippen LogP contribution in [-0.2, 0) is 16.9 Å². The minimum Gasteiger partial charge on any atom is -0.493 e. The number of benzene rings is 4. The number of carbonyl (C=O) groups is 2. The number of rotatable bonds is 8. The molecule has 37 heavy (non-hydrogen) atoms. The minimum absolute atomic E-state index is 0.237. The number of nitrogens with zero attached hydrogens (tertiary/aromatic N) is 1. The molecular weight excluding hydrogens is 470 g/mol. The molecule has 1 heterocycles. The van der Waals surface area contributed by atoms with Gasteiger partial charge in [0.15, 0.2) is 22.9 Å². The molecule has 0 unspecified atom stereocenters. The van der Waals surface area contributed by atoms with Crippen LogP contribution in [0.3, 0.4) is 0 Å². The summed E-state index contributed by atoms with van der Waals surface area (Å²) in [5, 5.41) is 13.8. The molecule has 0 saturated carbocycles. The van der Waals surface area contributed by atoms with E-state index in [1.807, 2.05) is 48.5 Å². The van der Waals surface area contributed by atoms with E-state index in [0.29, 0.717) is 28.5 Å². The van der Waals surface area contributed by atoms with E-state index < -0.39 is 23.7 Å². The zero-order chi connectivity index (χ0) is 26.2. The fraction of sp³-hybridized carbons (Fsp3) is 0.200. The number of aliphatic hydroxyl groups is 1. The molecule has 0 saturated heterocycles. The molecule has 0 aliphatic carbocycles. The number of para-hydroxylation sites is 1. The summed E-state index contributed by atoms with van der Waals surface area (Å²) in [6, 6.07) is 24.0. The van der Waals surface area contributed by atoms with Gasteiger partial charge in [0.05, 0.1) is 40.0 Å². The Hall–Kier alpha value is -4.36. The normalized spacial score (nSPS) is 16.5. The van der Waals surface area contributed by atoms with Gasteiger partial charge in [-0.25, -0.2) is 0 Å². The van der Waals surface area contributed by atoms with Crippen molar-refractivity contribution in [3.8, 4) is 17.2 Å². The van der Waals surface area contributed by atoms with Crippen LogP contribution >= 0.6 is 0 Å². The molecule has 0 radical (unpaired) electrons. The quantitative estimate of drug-likeness (QED) is 0.350. The second-order valence-corrected chi connectivity index (χ2v) is 8.92. The fourth-order valence-corrected chi connectivity index (χ4v) is 5.01. The van der Waals surface area contributed by atoms with E-state index in [0.717, 1.165) is 16.3 Å². The number of ether oxygens (including phenoxy) is 3. The van der Waals surface area contributed by atoms with Crippen molar-refractivity contribution in [1.82, 2.24) is 0 Å². The summed E-state index contributed by atoms with van der Waals surface area (Å²) in [6.07, 6.45) is -0.437. The van der Waals surface area contributed by atoms with Gasteiger partial charge in [0, 0.05) is 11.1 Å². The third-order valence-electron chi connectivity index (χ3n) is 6.85. The monoisotopic (exact) mass is 497 g/mol. The molecule has 5 rings (SSSR count). The molecular formula is C30H27NO6. The highest BCUT2D eigenvalue weighted by Crippen LogP contribution is 2.45. The maximum Gasteiger partial charge on any atom is 0.264 e. The molecule has 1 amide bonds. The number of methoxy groups -OCH3 is 3. The molecule has 1 aliphatic rings. The second-order valence-electron chi connectivity index (χ2n) is 8.92. The van der Waals surface area contributed by atoms with Gasteiger partial charge in [-0.2, -0.15) is 0 Å². The first-order chi connectivity index (χ1) is 17.9. The number of hydrogen-bond donors (Lipinski definition) is 1. The Labute approximate surface area is 214 Å². The molecule has 1 N–H and O–H groups in total. The Balaban J connectivity index is 1.51. The lowest BCUT2D eigenvalue weighted by Gasteiger charge is -2.23. The lowest BCUT2D eigenvalue weighted by Crippen LogP contribution is -2.41. The van der Waals surface area contributed by atoms with E-state index in [2.05, 4.69) is 0 Å². The highest BCUT2D eigenvalue weighted by Gasteiger charge is 2.51. The van der Waals surface area contributed by atoms with Gasteiger partial charge < -0.3 is 24.2 Å². The van der Waals surface area contributed by atoms with E-state index in [1.165, 1.54) is 33.5 Å². The van der Waals surface area contributed by atoms with Gasteiger partial charge in [0.2, 0.25) is 5.75 Å². The summed E-state index contributed by atoms with van der Waals surface area (Å²) >= 11 is 0. The third kappa shape index (κ3) is 4.07. The van der Waals surface area contributed by atoms with E-state index in [1.54, 1.807) is 23.1 Å². The van der Waals surface area contributed by atoms with Gasteiger partial charge in [-0.1, -0.05) is 60.7 Å². The zero-order valence-electron chi connectivity index (χ0n) is 20.9. The summed E-state index contributed by atoms with van der Waals surface area (Å²) in [5.74, 6) is 0.00370. The van der Waals surface area contributed by atoms with Crippen molar-refractivity contribution >= 4 is 28.2 Å². The minimum atomic E-state index is -2.02. The molecule has 0 aromatic heterocycles. The van der Waals surface area contributed by atoms with E-state index in [9.17, 15) is 14.7 Å². The van der Waals surface area contributed by atoms with Crippen molar-refractivity contribution < 1.29 is 28.9 Å². The van der Waals surface area contributed by atoms with Crippen LogP contribution in [-0.4, -0.2) is 38.1 Å². The van der Waals surface area contributed by atoms with Gasteiger partial charge in [0.1, 0.15) is 0 Å². The lowest BCUT2D eigenvalue weighted by molar-refractivity contribution is -0.136. The van der Waals surface area contributed by atoms with Crippen molar-refractivity contribution in [1.29, 1.82) is 0 Å². The summed E-state index contributed by atoms with van der Waals surface area (Å²) in [6.45, 7) is 0.262. The number of ketones is 1. The number of carbonyl (C=O) groups excluding carboxylic acids is 2. The van der Waals surface area contributed by atoms with E-state index in [-0.39, 0.29) is 12.1 Å². The van der Waals surface area contributed by atoms with Gasteiger partial charge in [0.25, 0.3) is 5.91 Å². The van der Waals surface area contributed by atoms with Gasteiger partial charge in [-0.05, 0) is 34.5 Å². The average Bonchev–Trinajstić information content (AvgIpc) is 3.14. The lowest BCUT2D eigenvalue weighted by atomic mass is 9.88. The zero-order valence-corrected chi connectivity index (χ0v) is 20.9. The smallest absolute Gasteiger partial charge is 0.264 e. The van der Waals surface area contributed by atoms with Crippen LogP contribution in [0.4, 0.5) is 5.69 Å². The van der Waals surface area contributed by atoms with Crippen LogP contribution in [0, 0.1) is 0 Å². The molecule has 1 atom stereocenters. The highest BCUT2D eigenvalue weighted by atomic mass is 16.5. The van der Waals surface area contributed by atoms with Crippen LogP contribution in [0.15, 0.2) is 78.9 Å². The maximum atomic E-state index is 13.8. The van der Waals surface area contributed by atoms with Crippen LogP contribution in [0.25, 0.3) is 10.8 Å². The number of amides is 1. The van der Waals surface area contributed by atoms with Crippen LogP contribution in [0.1, 0.15) is 27.9 Å². The molecule has 0 spiro atoms. The van der Waals surface area contributed by atoms with Gasteiger partial charge >= 0.3 is 0 Å². The molecule has 0 fully saturated rings. The molecule has 1 aliphatic heterocycles. The predicted octanol–water partition coefficient (Wildman–Crippen LogP) is 4.87. The molecule has 188 valence electrons. The van der Waals surface area contributed by atoms with Gasteiger partial charge in [-0.15, -0.1) is 0 Å². The summed E-state index contributed by atoms with van der Waals surface area (Å²) in [5.41, 5.74) is 0.155. The predicted molar refractivity (Wildman–Crippen MR) is 141 cm³/mol. The third-order valence-corrected chi connectivity index (χ3v) is 6.85. The summed E-state index contributed by atoms with van der Waals surface area (Å²) in [7, 11) is 4.39. The fourth-order valence-electron chi connectivity index (χ4n) is 5.01. The summed E-state index contributed by atoms with van der Waals surface area (Å²) in [4.78, 5) is 28.8. The maximum absolute atomic E-state index is 13.8. The molecule has 7 heteroatoms. The first kappa shape index (κ1) is 24.3. The van der Waals surface area contributed by atoms with E-state index in [4.69, 9.17) is 14.2 Å². The Kier molecular flexibility index (Phi) is 6.31. The molecule has 7 nitrogen and oxygen atoms in total. The van der Waals surface area contributed by atoms with Crippen molar-refractivity contribution in [2.24, 2.45) is 0 Å². The van der Waals surface area contributed by atoms with Crippen molar-refractivity contribution in [2.45, 2.75) is 18.6 Å². The average molecular weight is 498 g/mol. The summed E-state index contributed by atoms with van der Waals surface area (Å²) < 4.78 is 16.1. The topological polar surface area (TPSA) is 85.3 Å².